The number of aliphatic imine (C=N–C) groups is 1. The second-order valence-electron chi connectivity index (χ2n) is 7.34. The molecule has 3 rings (SSSR count). The number of halogens is 3. The lowest BCUT2D eigenvalue weighted by molar-refractivity contribution is 0.0792. The molecule has 0 radical (unpaired) electrons. The van der Waals surface area contributed by atoms with Crippen LogP contribution in [0.25, 0.3) is 0 Å². The summed E-state index contributed by atoms with van der Waals surface area (Å²) in [4.78, 5) is 6.48. The predicted molar refractivity (Wildman–Crippen MR) is 126 cm³/mol. The normalized spacial score (nSPS) is 15.5. The third-order valence-corrected chi connectivity index (χ3v) is 5.12. The van der Waals surface area contributed by atoms with Crippen molar-refractivity contribution < 1.29 is 13.9 Å². The van der Waals surface area contributed by atoms with Crippen molar-refractivity contribution in [3.63, 3.8) is 0 Å². The van der Waals surface area contributed by atoms with Gasteiger partial charge in [-0.1, -0.05) is 24.3 Å². The summed E-state index contributed by atoms with van der Waals surface area (Å²) < 4.78 is 27.0. The Labute approximate surface area is 193 Å². The van der Waals surface area contributed by atoms with Gasteiger partial charge in [0, 0.05) is 45.3 Å². The molecule has 164 valence electrons. The summed E-state index contributed by atoms with van der Waals surface area (Å²) in [5.74, 6) is -0.398. The summed E-state index contributed by atoms with van der Waals surface area (Å²) in [5.41, 5.74) is 2.60. The van der Waals surface area contributed by atoms with Crippen LogP contribution in [0.5, 0.6) is 0 Å². The molecule has 1 saturated heterocycles. The minimum Gasteiger partial charge on any atom is -0.393 e. The third-order valence-electron chi connectivity index (χ3n) is 5.12. The van der Waals surface area contributed by atoms with Gasteiger partial charge in [-0.3, -0.25) is 9.89 Å². The van der Waals surface area contributed by atoms with Crippen molar-refractivity contribution in [2.24, 2.45) is 4.99 Å². The molecule has 0 aliphatic carbocycles. The molecule has 1 aliphatic heterocycles. The monoisotopic (exact) mass is 530 g/mol. The number of nitrogens with zero attached hydrogens (tertiary/aromatic N) is 2. The topological polar surface area (TPSA) is 59.9 Å². The van der Waals surface area contributed by atoms with Crippen LogP contribution >= 0.6 is 24.0 Å². The van der Waals surface area contributed by atoms with Crippen molar-refractivity contribution >= 4 is 29.9 Å². The molecule has 0 bridgehead atoms. The van der Waals surface area contributed by atoms with Crippen LogP contribution in [0.4, 0.5) is 8.78 Å². The molecule has 5 nitrogen and oxygen atoms in total. The Bertz CT molecular complexity index is 824. The maximum atomic E-state index is 13.7. The van der Waals surface area contributed by atoms with Crippen LogP contribution in [-0.4, -0.2) is 42.2 Å². The number of hydrogen-bond donors (Lipinski definition) is 3. The second-order valence-corrected chi connectivity index (χ2v) is 7.34. The molecule has 0 spiro atoms. The Hall–Kier alpha value is -1.78. The predicted octanol–water partition coefficient (Wildman–Crippen LogP) is 3.40. The first kappa shape index (κ1) is 24.5. The summed E-state index contributed by atoms with van der Waals surface area (Å²) in [7, 11) is 1.63. The molecule has 0 amide bonds. The van der Waals surface area contributed by atoms with Gasteiger partial charge in [0.15, 0.2) is 5.96 Å². The maximum Gasteiger partial charge on any atom is 0.191 e. The van der Waals surface area contributed by atoms with E-state index in [-0.39, 0.29) is 42.2 Å². The Morgan fingerprint density at radius 2 is 1.67 bits per heavy atom. The number of likely N-dealkylation sites (tertiary alicyclic amines) is 1. The molecule has 8 heteroatoms. The third kappa shape index (κ3) is 7.48. The van der Waals surface area contributed by atoms with Crippen molar-refractivity contribution in [2.75, 3.05) is 20.1 Å². The molecule has 0 aromatic heterocycles. The largest absolute Gasteiger partial charge is 0.393 e. The summed E-state index contributed by atoms with van der Waals surface area (Å²) in [5, 5.41) is 15.8. The highest BCUT2D eigenvalue weighted by Crippen LogP contribution is 2.14. The van der Waals surface area contributed by atoms with Crippen LogP contribution in [0, 0.1) is 11.6 Å². The summed E-state index contributed by atoms with van der Waals surface area (Å²) in [6.07, 6.45) is 1.53. The molecule has 0 saturated carbocycles. The number of aliphatic hydroxyl groups excluding tert-OH is 1. The minimum atomic E-state index is -0.466. The van der Waals surface area contributed by atoms with Crippen molar-refractivity contribution in [2.45, 2.75) is 38.6 Å². The van der Waals surface area contributed by atoms with Crippen molar-refractivity contribution in [1.29, 1.82) is 0 Å². The van der Waals surface area contributed by atoms with E-state index in [4.69, 9.17) is 0 Å². The molecule has 1 fully saturated rings. The zero-order valence-corrected chi connectivity index (χ0v) is 19.4. The lowest BCUT2D eigenvalue weighted by atomic mass is 10.1. The first-order valence-corrected chi connectivity index (χ1v) is 9.90. The van der Waals surface area contributed by atoms with Crippen LogP contribution in [0.2, 0.25) is 0 Å². The minimum absolute atomic E-state index is 0. The fourth-order valence-corrected chi connectivity index (χ4v) is 3.36. The van der Waals surface area contributed by atoms with Crippen molar-refractivity contribution in [3.05, 3.63) is 70.8 Å². The Kier molecular flexibility index (Phi) is 9.93. The van der Waals surface area contributed by atoms with Crippen molar-refractivity contribution in [3.8, 4) is 0 Å². The van der Waals surface area contributed by atoms with Gasteiger partial charge in [-0.05, 0) is 42.2 Å². The smallest absolute Gasteiger partial charge is 0.191 e. The van der Waals surface area contributed by atoms with E-state index in [1.54, 1.807) is 7.05 Å². The number of nitrogens with one attached hydrogen (secondary N) is 2. The second kappa shape index (κ2) is 12.2. The Balaban J connectivity index is 0.00000320. The van der Waals surface area contributed by atoms with Gasteiger partial charge in [0.2, 0.25) is 0 Å². The van der Waals surface area contributed by atoms with Crippen LogP contribution in [0.15, 0.2) is 47.5 Å². The first-order valence-electron chi connectivity index (χ1n) is 9.90. The summed E-state index contributed by atoms with van der Waals surface area (Å²) >= 11 is 0. The summed E-state index contributed by atoms with van der Waals surface area (Å²) in [6, 6.07) is 11.8. The molecule has 0 atom stereocenters. The fraction of sp³-hybridized carbons (Fsp3) is 0.409. The summed E-state index contributed by atoms with van der Waals surface area (Å²) in [6.45, 7) is 3.47. The SMILES string of the molecule is CN=C(NCc1ccc(CN2CCC(O)CC2)cc1)NCc1cc(F)ccc1F.I. The van der Waals surface area contributed by atoms with Gasteiger partial charge in [0.05, 0.1) is 6.10 Å². The lowest BCUT2D eigenvalue weighted by Crippen LogP contribution is -2.36. The van der Waals surface area contributed by atoms with Crippen LogP contribution < -0.4 is 10.6 Å². The number of benzene rings is 2. The molecule has 3 N–H and O–H groups in total. The first-order chi connectivity index (χ1) is 14.0. The Morgan fingerprint density at radius 3 is 2.33 bits per heavy atom. The van der Waals surface area contributed by atoms with E-state index in [0.29, 0.717) is 12.5 Å². The standard InChI is InChI=1S/C22H28F2N4O.HI/c1-25-22(27-14-18-12-19(23)6-7-21(18)24)26-13-16-2-4-17(5-3-16)15-28-10-8-20(29)9-11-28;/h2-7,12,20,29H,8-11,13-15H2,1H3,(H2,25,26,27);1H. The highest BCUT2D eigenvalue weighted by molar-refractivity contribution is 14.0. The average Bonchev–Trinajstić information content (AvgIpc) is 2.73. The number of aliphatic hydroxyl groups is 1. The highest BCUT2D eigenvalue weighted by atomic mass is 127. The van der Waals surface area contributed by atoms with E-state index >= 15 is 0 Å². The van der Waals surface area contributed by atoms with E-state index in [1.165, 1.54) is 11.6 Å². The number of hydrogen-bond acceptors (Lipinski definition) is 3. The quantitative estimate of drug-likeness (QED) is 0.305. The molecule has 2 aromatic carbocycles. The van der Waals surface area contributed by atoms with Gasteiger partial charge < -0.3 is 15.7 Å². The van der Waals surface area contributed by atoms with E-state index in [0.717, 1.165) is 50.2 Å². The van der Waals surface area contributed by atoms with E-state index in [2.05, 4.69) is 44.8 Å². The average molecular weight is 530 g/mol. The number of guanidine groups is 1. The van der Waals surface area contributed by atoms with E-state index < -0.39 is 11.6 Å². The molecule has 2 aromatic rings. The molecule has 1 heterocycles. The van der Waals surface area contributed by atoms with Gasteiger partial charge in [-0.2, -0.15) is 0 Å². The van der Waals surface area contributed by atoms with Crippen LogP contribution in [-0.2, 0) is 19.6 Å². The molecular weight excluding hydrogens is 501 g/mol. The maximum absolute atomic E-state index is 13.7. The number of rotatable bonds is 6. The molecule has 0 unspecified atom stereocenters. The van der Waals surface area contributed by atoms with Crippen LogP contribution in [0.3, 0.4) is 0 Å². The number of piperidine rings is 1. The molecule has 30 heavy (non-hydrogen) atoms. The van der Waals surface area contributed by atoms with Gasteiger partial charge in [-0.15, -0.1) is 24.0 Å². The van der Waals surface area contributed by atoms with Gasteiger partial charge in [0.25, 0.3) is 0 Å². The van der Waals surface area contributed by atoms with E-state index in [9.17, 15) is 13.9 Å². The van der Waals surface area contributed by atoms with Gasteiger partial charge in [-0.25, -0.2) is 8.78 Å². The van der Waals surface area contributed by atoms with E-state index in [1.807, 2.05) is 0 Å². The zero-order chi connectivity index (χ0) is 20.6. The zero-order valence-electron chi connectivity index (χ0n) is 17.1. The van der Waals surface area contributed by atoms with Gasteiger partial charge >= 0.3 is 0 Å². The van der Waals surface area contributed by atoms with Crippen LogP contribution in [0.1, 0.15) is 29.5 Å². The molecular formula is C22H29F2IN4O. The Morgan fingerprint density at radius 1 is 1.03 bits per heavy atom. The van der Waals surface area contributed by atoms with Gasteiger partial charge in [0.1, 0.15) is 11.6 Å². The van der Waals surface area contributed by atoms with Crippen molar-refractivity contribution in [1.82, 2.24) is 15.5 Å². The fourth-order valence-electron chi connectivity index (χ4n) is 3.36. The lowest BCUT2D eigenvalue weighted by Gasteiger charge is -2.29. The molecule has 1 aliphatic rings. The highest BCUT2D eigenvalue weighted by Gasteiger charge is 2.16.